The van der Waals surface area contributed by atoms with Crippen LogP contribution < -0.4 is 0 Å². The normalized spacial score (nSPS) is 14.6. The van der Waals surface area contributed by atoms with Crippen molar-refractivity contribution in [2.75, 3.05) is 12.5 Å². The highest BCUT2D eigenvalue weighted by Crippen LogP contribution is 2.33. The fraction of sp³-hybridized carbons (Fsp3) is 0.400. The molecule has 0 aliphatic heterocycles. The van der Waals surface area contributed by atoms with Crippen LogP contribution in [0.15, 0.2) is 59.6 Å². The highest BCUT2D eigenvalue weighted by atomic mass is 35.5. The van der Waals surface area contributed by atoms with Crippen LogP contribution in [0.25, 0.3) is 11.3 Å². The molecule has 3 aromatic rings. The number of hydrogen-bond donors (Lipinski definition) is 0. The lowest BCUT2D eigenvalue weighted by atomic mass is 9.89. The smallest absolute Gasteiger partial charge is 0.175 e. The Balaban J connectivity index is 0.000000243. The van der Waals surface area contributed by atoms with Gasteiger partial charge in [-0.2, -0.15) is 11.8 Å². The molecule has 1 aliphatic rings. The van der Waals surface area contributed by atoms with E-state index in [1.165, 1.54) is 43.9 Å². The second-order valence-corrected chi connectivity index (χ2v) is 11.6. The molecule has 1 aliphatic carbocycles. The highest BCUT2D eigenvalue weighted by Gasteiger charge is 2.20. The maximum Gasteiger partial charge on any atom is 0.175 e. The van der Waals surface area contributed by atoms with Crippen LogP contribution in [0, 0.1) is 0 Å². The maximum atomic E-state index is 11.5. The Morgan fingerprint density at radius 1 is 1.03 bits per heavy atom. The molecule has 0 atom stereocenters. The van der Waals surface area contributed by atoms with Gasteiger partial charge in [0.05, 0.1) is 10.6 Å². The molecule has 0 N–H and O–H groups in total. The van der Waals surface area contributed by atoms with Gasteiger partial charge in [-0.3, -0.25) is 0 Å². The van der Waals surface area contributed by atoms with E-state index in [4.69, 9.17) is 16.6 Å². The van der Waals surface area contributed by atoms with Gasteiger partial charge in [0, 0.05) is 41.8 Å². The third kappa shape index (κ3) is 6.87. The van der Waals surface area contributed by atoms with Crippen molar-refractivity contribution in [3.05, 3.63) is 71.1 Å². The van der Waals surface area contributed by atoms with Crippen LogP contribution in [0.5, 0.6) is 0 Å². The lowest BCUT2D eigenvalue weighted by Gasteiger charge is -2.20. The Morgan fingerprint density at radius 2 is 1.66 bits per heavy atom. The summed E-state index contributed by atoms with van der Waals surface area (Å²) >= 11 is 7.52. The molecule has 2 aromatic carbocycles. The number of thioether (sulfide) groups is 1. The van der Waals surface area contributed by atoms with E-state index in [-0.39, 0.29) is 0 Å². The lowest BCUT2D eigenvalue weighted by molar-refractivity contribution is 0.421. The molecule has 0 saturated heterocycles. The van der Waals surface area contributed by atoms with Crippen molar-refractivity contribution in [1.82, 2.24) is 9.55 Å². The van der Waals surface area contributed by atoms with Crippen LogP contribution >= 0.6 is 23.4 Å². The Morgan fingerprint density at radius 3 is 2.22 bits per heavy atom. The van der Waals surface area contributed by atoms with E-state index < -0.39 is 9.84 Å². The topological polar surface area (TPSA) is 52.0 Å². The fourth-order valence-electron chi connectivity index (χ4n) is 3.98. The first-order chi connectivity index (χ1) is 15.3. The Kier molecular flexibility index (Phi) is 8.86. The molecule has 0 spiro atoms. The van der Waals surface area contributed by atoms with Crippen molar-refractivity contribution >= 4 is 33.2 Å². The van der Waals surface area contributed by atoms with Crippen molar-refractivity contribution in [2.45, 2.75) is 48.7 Å². The zero-order valence-electron chi connectivity index (χ0n) is 18.9. The molecule has 0 radical (unpaired) electrons. The Hall–Kier alpha value is -1.76. The lowest BCUT2D eigenvalue weighted by Crippen LogP contribution is -2.09. The van der Waals surface area contributed by atoms with E-state index in [1.54, 1.807) is 12.1 Å². The largest absolute Gasteiger partial charge is 0.337 e. The summed E-state index contributed by atoms with van der Waals surface area (Å²) < 4.78 is 25.2. The standard InChI is InChI=1S/C17H22N2O2S.C8H9ClS/c1-19-12-16(18-17(19)14-6-4-3-5-7-14)13-8-10-15(11-9-13)22(2,20)21;1-10-6-7-2-4-8(9)5-3-7/h8-12,14H,3-7H2,1-2H3;2-5H,6H2,1H3. The van der Waals surface area contributed by atoms with Gasteiger partial charge in [-0.05, 0) is 48.9 Å². The molecule has 7 heteroatoms. The van der Waals surface area contributed by atoms with Gasteiger partial charge in [0.15, 0.2) is 9.84 Å². The van der Waals surface area contributed by atoms with Crippen molar-refractivity contribution in [1.29, 1.82) is 0 Å². The summed E-state index contributed by atoms with van der Waals surface area (Å²) in [5.74, 6) is 2.78. The zero-order valence-corrected chi connectivity index (χ0v) is 21.3. The number of halogens is 1. The number of nitrogens with zero attached hydrogens (tertiary/aromatic N) is 2. The Bertz CT molecular complexity index is 1100. The first kappa shape index (κ1) is 24.9. The van der Waals surface area contributed by atoms with Crippen LogP contribution in [0.3, 0.4) is 0 Å². The third-order valence-corrected chi connectivity index (χ3v) is 7.69. The molecular formula is C25H31ClN2O2S2. The number of rotatable bonds is 5. The van der Waals surface area contributed by atoms with Crippen molar-refractivity contribution in [3.63, 3.8) is 0 Å². The summed E-state index contributed by atoms with van der Waals surface area (Å²) in [4.78, 5) is 5.16. The van der Waals surface area contributed by atoms with Gasteiger partial charge < -0.3 is 4.57 Å². The number of sulfone groups is 1. The molecule has 0 unspecified atom stereocenters. The summed E-state index contributed by atoms with van der Waals surface area (Å²) in [5.41, 5.74) is 3.21. The summed E-state index contributed by atoms with van der Waals surface area (Å²) in [5, 5.41) is 0.810. The van der Waals surface area contributed by atoms with Crippen LogP contribution in [0.2, 0.25) is 5.02 Å². The fourth-order valence-corrected chi connectivity index (χ4v) is 5.26. The van der Waals surface area contributed by atoms with E-state index in [0.717, 1.165) is 27.9 Å². The summed E-state index contributed by atoms with van der Waals surface area (Å²) in [7, 11) is -1.10. The van der Waals surface area contributed by atoms with Gasteiger partial charge in [0.25, 0.3) is 0 Å². The molecule has 1 aromatic heterocycles. The monoisotopic (exact) mass is 490 g/mol. The second-order valence-electron chi connectivity index (χ2n) is 8.29. The first-order valence-corrected chi connectivity index (χ1v) is 14.5. The molecule has 172 valence electrons. The van der Waals surface area contributed by atoms with Crippen LogP contribution in [-0.4, -0.2) is 30.5 Å². The minimum atomic E-state index is -3.15. The van der Waals surface area contributed by atoms with Gasteiger partial charge in [-0.1, -0.05) is 55.1 Å². The molecule has 4 nitrogen and oxygen atoms in total. The highest BCUT2D eigenvalue weighted by molar-refractivity contribution is 7.97. The van der Waals surface area contributed by atoms with Crippen LogP contribution in [0.1, 0.15) is 49.4 Å². The minimum absolute atomic E-state index is 0.347. The molecule has 0 bridgehead atoms. The summed E-state index contributed by atoms with van der Waals surface area (Å²) in [6.07, 6.45) is 11.7. The number of imidazole rings is 1. The van der Waals surface area contributed by atoms with Crippen LogP contribution in [-0.2, 0) is 22.6 Å². The minimum Gasteiger partial charge on any atom is -0.337 e. The SMILES string of the molecule is CSCc1ccc(Cl)cc1.Cn1cc(-c2ccc(S(C)(=O)=O)cc2)nc1C1CCCCC1. The molecule has 1 fully saturated rings. The predicted octanol–water partition coefficient (Wildman–Crippen LogP) is 6.74. The molecular weight excluding hydrogens is 460 g/mol. The quantitative estimate of drug-likeness (QED) is 0.397. The van der Waals surface area contributed by atoms with Crippen molar-refractivity contribution in [2.24, 2.45) is 7.05 Å². The average Bonchev–Trinajstić information content (AvgIpc) is 3.18. The number of aromatic nitrogens is 2. The first-order valence-electron chi connectivity index (χ1n) is 10.8. The molecule has 1 heterocycles. The van der Waals surface area contributed by atoms with Gasteiger partial charge in [-0.15, -0.1) is 0 Å². The number of benzene rings is 2. The van der Waals surface area contributed by atoms with Gasteiger partial charge >= 0.3 is 0 Å². The van der Waals surface area contributed by atoms with E-state index in [1.807, 2.05) is 49.3 Å². The number of hydrogen-bond acceptors (Lipinski definition) is 4. The van der Waals surface area contributed by atoms with Crippen molar-refractivity contribution < 1.29 is 8.42 Å². The zero-order chi connectivity index (χ0) is 23.1. The molecule has 4 rings (SSSR count). The maximum absolute atomic E-state index is 11.5. The average molecular weight is 491 g/mol. The molecule has 32 heavy (non-hydrogen) atoms. The van der Waals surface area contributed by atoms with Gasteiger partial charge in [-0.25, -0.2) is 13.4 Å². The predicted molar refractivity (Wildman–Crippen MR) is 136 cm³/mol. The van der Waals surface area contributed by atoms with Gasteiger partial charge in [0.2, 0.25) is 0 Å². The van der Waals surface area contributed by atoms with E-state index >= 15 is 0 Å². The van der Waals surface area contributed by atoms with E-state index in [2.05, 4.69) is 23.0 Å². The number of aryl methyl sites for hydroxylation is 1. The van der Waals surface area contributed by atoms with Crippen LogP contribution in [0.4, 0.5) is 0 Å². The third-order valence-electron chi connectivity index (χ3n) is 5.69. The Labute approximate surface area is 201 Å². The van der Waals surface area contributed by atoms with Gasteiger partial charge in [0.1, 0.15) is 5.82 Å². The van der Waals surface area contributed by atoms with E-state index in [0.29, 0.717) is 10.8 Å². The second kappa shape index (κ2) is 11.4. The summed E-state index contributed by atoms with van der Waals surface area (Å²) in [6.45, 7) is 0. The molecule has 1 saturated carbocycles. The summed E-state index contributed by atoms with van der Waals surface area (Å²) in [6, 6.07) is 14.9. The molecule has 0 amide bonds. The van der Waals surface area contributed by atoms with E-state index in [9.17, 15) is 8.42 Å². The van der Waals surface area contributed by atoms with Crippen molar-refractivity contribution in [3.8, 4) is 11.3 Å².